The van der Waals surface area contributed by atoms with E-state index in [1.165, 1.54) is 0 Å². The van der Waals surface area contributed by atoms with Gasteiger partial charge in [-0.05, 0) is 18.2 Å². The molecule has 0 aliphatic rings. The van der Waals surface area contributed by atoms with Crippen molar-refractivity contribution in [2.24, 2.45) is 5.73 Å². The summed E-state index contributed by atoms with van der Waals surface area (Å²) < 4.78 is 0. The van der Waals surface area contributed by atoms with Crippen molar-refractivity contribution in [3.63, 3.8) is 0 Å². The number of carbonyl (C=O) groups is 1. The van der Waals surface area contributed by atoms with Gasteiger partial charge in [0.2, 0.25) is 5.91 Å². The fourth-order valence-corrected chi connectivity index (χ4v) is 0.874. The highest BCUT2D eigenvalue weighted by Crippen LogP contribution is 1.94. The third kappa shape index (κ3) is 3.95. The SMILES string of the molecule is NC(=O)c1ccccc1.Nc1cc[nH]n1. The van der Waals surface area contributed by atoms with Gasteiger partial charge < -0.3 is 11.5 Å². The Kier molecular flexibility index (Phi) is 3.91. The van der Waals surface area contributed by atoms with E-state index >= 15 is 0 Å². The fourth-order valence-electron chi connectivity index (χ4n) is 0.874. The second kappa shape index (κ2) is 5.43. The number of carbonyl (C=O) groups excluding carboxylic acids is 1. The van der Waals surface area contributed by atoms with Gasteiger partial charge in [0.1, 0.15) is 5.82 Å². The summed E-state index contributed by atoms with van der Waals surface area (Å²) in [4.78, 5) is 10.4. The van der Waals surface area contributed by atoms with Gasteiger partial charge in [0.15, 0.2) is 0 Å². The summed E-state index contributed by atoms with van der Waals surface area (Å²) in [6, 6.07) is 10.5. The number of nitrogens with two attached hydrogens (primary N) is 2. The second-order valence-corrected chi connectivity index (χ2v) is 2.73. The molecular formula is C10H12N4O. The molecule has 1 aromatic carbocycles. The summed E-state index contributed by atoms with van der Waals surface area (Å²) in [6.07, 6.45) is 1.68. The molecule has 0 fully saturated rings. The molecule has 0 aliphatic carbocycles. The number of primary amides is 1. The predicted octanol–water partition coefficient (Wildman–Crippen LogP) is 0.777. The number of benzene rings is 1. The van der Waals surface area contributed by atoms with Crippen LogP contribution in [-0.4, -0.2) is 16.1 Å². The molecule has 5 nitrogen and oxygen atoms in total. The Bertz CT molecular complexity index is 397. The third-order valence-corrected chi connectivity index (χ3v) is 1.58. The first kappa shape index (κ1) is 10.8. The Morgan fingerprint density at radius 2 is 1.87 bits per heavy atom. The number of hydrogen-bond donors (Lipinski definition) is 3. The molecule has 1 aromatic heterocycles. The minimum absolute atomic E-state index is 0.379. The monoisotopic (exact) mass is 204 g/mol. The summed E-state index contributed by atoms with van der Waals surface area (Å²) in [5, 5.41) is 6.12. The molecule has 78 valence electrons. The van der Waals surface area contributed by atoms with E-state index in [0.717, 1.165) is 0 Å². The molecule has 0 atom stereocenters. The number of nitrogens with zero attached hydrogens (tertiary/aromatic N) is 1. The van der Waals surface area contributed by atoms with E-state index in [4.69, 9.17) is 11.5 Å². The van der Waals surface area contributed by atoms with E-state index in [1.54, 1.807) is 36.5 Å². The summed E-state index contributed by atoms with van der Waals surface area (Å²) in [7, 11) is 0. The lowest BCUT2D eigenvalue weighted by molar-refractivity contribution is 0.100. The first-order valence-electron chi connectivity index (χ1n) is 4.30. The van der Waals surface area contributed by atoms with Gasteiger partial charge in [-0.15, -0.1) is 0 Å². The zero-order valence-corrected chi connectivity index (χ0v) is 8.05. The standard InChI is InChI=1S/C7H7NO.C3H5N3/c8-7(9)6-4-2-1-3-5-6;4-3-1-2-5-6-3/h1-5H,(H2,8,9);1-2H,(H3,4,5,6). The predicted molar refractivity (Wildman–Crippen MR) is 58.0 cm³/mol. The Hall–Kier alpha value is -2.30. The average molecular weight is 204 g/mol. The summed E-state index contributed by atoms with van der Waals surface area (Å²) in [5.41, 5.74) is 10.7. The summed E-state index contributed by atoms with van der Waals surface area (Å²) >= 11 is 0. The smallest absolute Gasteiger partial charge is 0.248 e. The number of rotatable bonds is 1. The zero-order chi connectivity index (χ0) is 11.1. The molecule has 1 heterocycles. The molecule has 2 aromatic rings. The van der Waals surface area contributed by atoms with Gasteiger partial charge in [0.25, 0.3) is 0 Å². The molecule has 0 saturated heterocycles. The quantitative estimate of drug-likeness (QED) is 0.640. The highest BCUT2D eigenvalue weighted by Gasteiger charge is 1.93. The van der Waals surface area contributed by atoms with Crippen molar-refractivity contribution in [3.05, 3.63) is 48.2 Å². The molecule has 1 amide bonds. The first-order chi connectivity index (χ1) is 7.20. The Morgan fingerprint density at radius 3 is 2.13 bits per heavy atom. The molecule has 0 saturated carbocycles. The number of anilines is 1. The molecule has 0 spiro atoms. The molecule has 0 bridgehead atoms. The Morgan fingerprint density at radius 1 is 1.20 bits per heavy atom. The maximum absolute atomic E-state index is 10.4. The van der Waals surface area contributed by atoms with Gasteiger partial charge in [0, 0.05) is 11.8 Å². The molecule has 5 N–H and O–H groups in total. The molecule has 5 heteroatoms. The van der Waals surface area contributed by atoms with E-state index < -0.39 is 0 Å². The van der Waals surface area contributed by atoms with Crippen molar-refractivity contribution >= 4 is 11.7 Å². The molecule has 0 unspecified atom stereocenters. The molecule has 2 rings (SSSR count). The van der Waals surface area contributed by atoms with E-state index in [-0.39, 0.29) is 5.91 Å². The topological polar surface area (TPSA) is 97.8 Å². The van der Waals surface area contributed by atoms with Gasteiger partial charge in [-0.2, -0.15) is 5.10 Å². The number of aromatic nitrogens is 2. The maximum atomic E-state index is 10.4. The highest BCUT2D eigenvalue weighted by molar-refractivity contribution is 5.92. The lowest BCUT2D eigenvalue weighted by Gasteiger charge is -1.89. The van der Waals surface area contributed by atoms with Crippen molar-refractivity contribution in [1.29, 1.82) is 0 Å². The van der Waals surface area contributed by atoms with Gasteiger partial charge in [-0.25, -0.2) is 0 Å². The van der Waals surface area contributed by atoms with Crippen LogP contribution in [0.25, 0.3) is 0 Å². The van der Waals surface area contributed by atoms with Crippen LogP contribution in [0.1, 0.15) is 10.4 Å². The van der Waals surface area contributed by atoms with Gasteiger partial charge in [0.05, 0.1) is 0 Å². The zero-order valence-electron chi connectivity index (χ0n) is 8.05. The maximum Gasteiger partial charge on any atom is 0.248 e. The van der Waals surface area contributed by atoms with Crippen LogP contribution in [0.3, 0.4) is 0 Å². The number of nitrogens with one attached hydrogen (secondary N) is 1. The van der Waals surface area contributed by atoms with Gasteiger partial charge in [-0.1, -0.05) is 18.2 Å². The minimum atomic E-state index is -0.379. The van der Waals surface area contributed by atoms with Crippen LogP contribution < -0.4 is 11.5 Å². The number of nitrogen functional groups attached to an aromatic ring is 1. The van der Waals surface area contributed by atoms with E-state index in [0.29, 0.717) is 11.4 Å². The van der Waals surface area contributed by atoms with Crippen LogP contribution in [-0.2, 0) is 0 Å². The first-order valence-corrected chi connectivity index (χ1v) is 4.30. The molecule has 15 heavy (non-hydrogen) atoms. The van der Waals surface area contributed by atoms with Crippen molar-refractivity contribution < 1.29 is 4.79 Å². The number of hydrogen-bond acceptors (Lipinski definition) is 3. The second-order valence-electron chi connectivity index (χ2n) is 2.73. The third-order valence-electron chi connectivity index (χ3n) is 1.58. The van der Waals surface area contributed by atoms with Crippen LogP contribution in [0.15, 0.2) is 42.6 Å². The van der Waals surface area contributed by atoms with Crippen molar-refractivity contribution in [2.75, 3.05) is 5.73 Å². The molecule has 0 radical (unpaired) electrons. The van der Waals surface area contributed by atoms with Crippen LogP contribution in [0.5, 0.6) is 0 Å². The van der Waals surface area contributed by atoms with Crippen LogP contribution >= 0.6 is 0 Å². The number of amides is 1. The lowest BCUT2D eigenvalue weighted by atomic mass is 10.2. The van der Waals surface area contributed by atoms with E-state index in [9.17, 15) is 4.79 Å². The Labute approximate surface area is 87.1 Å². The molecule has 0 aliphatic heterocycles. The summed E-state index contributed by atoms with van der Waals surface area (Å²) in [6.45, 7) is 0. The molecular weight excluding hydrogens is 192 g/mol. The largest absolute Gasteiger partial charge is 0.382 e. The highest BCUT2D eigenvalue weighted by atomic mass is 16.1. The van der Waals surface area contributed by atoms with Gasteiger partial charge in [-0.3, -0.25) is 9.89 Å². The van der Waals surface area contributed by atoms with Crippen molar-refractivity contribution in [2.45, 2.75) is 0 Å². The van der Waals surface area contributed by atoms with Crippen LogP contribution in [0.4, 0.5) is 5.82 Å². The normalized spacial score (nSPS) is 8.80. The number of H-pyrrole nitrogens is 1. The van der Waals surface area contributed by atoms with Crippen LogP contribution in [0.2, 0.25) is 0 Å². The van der Waals surface area contributed by atoms with Crippen molar-refractivity contribution in [3.8, 4) is 0 Å². The summed E-state index contributed by atoms with van der Waals surface area (Å²) in [5.74, 6) is 0.158. The minimum Gasteiger partial charge on any atom is -0.382 e. The Balaban J connectivity index is 0.000000162. The fraction of sp³-hybridized carbons (Fsp3) is 0. The van der Waals surface area contributed by atoms with E-state index in [2.05, 4.69) is 10.2 Å². The van der Waals surface area contributed by atoms with Crippen LogP contribution in [0, 0.1) is 0 Å². The van der Waals surface area contributed by atoms with E-state index in [1.807, 2.05) is 6.07 Å². The van der Waals surface area contributed by atoms with Gasteiger partial charge >= 0.3 is 0 Å². The number of aromatic amines is 1. The lowest BCUT2D eigenvalue weighted by Crippen LogP contribution is -2.09. The van der Waals surface area contributed by atoms with Crippen molar-refractivity contribution in [1.82, 2.24) is 10.2 Å². The average Bonchev–Trinajstić information content (AvgIpc) is 2.71.